The number of amides is 1. The second-order valence-electron chi connectivity index (χ2n) is 5.90. The van der Waals surface area contributed by atoms with Crippen LogP contribution in [0, 0.1) is 5.92 Å². The molecule has 1 fully saturated rings. The first-order valence-electron chi connectivity index (χ1n) is 7.57. The maximum Gasteiger partial charge on any atom is 0.253 e. The zero-order valence-corrected chi connectivity index (χ0v) is 13.4. The van der Waals surface area contributed by atoms with Crippen molar-refractivity contribution >= 4 is 17.2 Å². The van der Waals surface area contributed by atoms with E-state index in [4.69, 9.17) is 0 Å². The molecule has 5 heteroatoms. The Morgan fingerprint density at radius 2 is 2.14 bits per heavy atom. The molecule has 3 rings (SSSR count). The van der Waals surface area contributed by atoms with Crippen LogP contribution in [0.1, 0.15) is 29.6 Å². The monoisotopic (exact) mass is 316 g/mol. The lowest BCUT2D eigenvalue weighted by molar-refractivity contribution is 0.0693. The van der Waals surface area contributed by atoms with Crippen LogP contribution in [0.25, 0.3) is 11.3 Å². The number of benzene rings is 1. The number of rotatable bonds is 4. The molecule has 2 atom stereocenters. The predicted octanol–water partition coefficient (Wildman–Crippen LogP) is 3.04. The highest BCUT2D eigenvalue weighted by molar-refractivity contribution is 7.07. The van der Waals surface area contributed by atoms with Gasteiger partial charge in [0, 0.05) is 36.0 Å². The number of hydrogen-bond donors (Lipinski definition) is 1. The van der Waals surface area contributed by atoms with Gasteiger partial charge in [-0.15, -0.1) is 11.3 Å². The molecule has 1 aromatic heterocycles. The van der Waals surface area contributed by atoms with Gasteiger partial charge in [0.05, 0.1) is 17.3 Å². The van der Waals surface area contributed by atoms with Crippen LogP contribution < -0.4 is 0 Å². The highest BCUT2D eigenvalue weighted by Gasteiger charge is 2.27. The minimum atomic E-state index is -0.262. The maximum absolute atomic E-state index is 12.5. The van der Waals surface area contributed by atoms with Crippen LogP contribution in [0.2, 0.25) is 0 Å². The van der Waals surface area contributed by atoms with Gasteiger partial charge >= 0.3 is 0 Å². The number of aliphatic hydroxyl groups excluding tert-OH is 1. The Morgan fingerprint density at radius 1 is 1.36 bits per heavy atom. The van der Waals surface area contributed by atoms with E-state index in [0.717, 1.165) is 30.5 Å². The van der Waals surface area contributed by atoms with Gasteiger partial charge in [-0.1, -0.05) is 18.6 Å². The number of nitrogens with zero attached hydrogens (tertiary/aromatic N) is 2. The van der Waals surface area contributed by atoms with Crippen molar-refractivity contribution in [1.82, 2.24) is 9.88 Å². The fraction of sp³-hybridized carbons (Fsp3) is 0.412. The molecule has 1 aromatic carbocycles. The molecule has 1 N–H and O–H groups in total. The van der Waals surface area contributed by atoms with Crippen molar-refractivity contribution in [1.29, 1.82) is 0 Å². The third-order valence-corrected chi connectivity index (χ3v) is 4.92. The van der Waals surface area contributed by atoms with Crippen molar-refractivity contribution in [2.75, 3.05) is 13.6 Å². The molecule has 116 valence electrons. The van der Waals surface area contributed by atoms with Crippen molar-refractivity contribution in [3.05, 3.63) is 40.7 Å². The number of aliphatic hydroxyl groups is 1. The average Bonchev–Trinajstić information content (AvgIpc) is 3.19. The molecule has 0 radical (unpaired) electrons. The topological polar surface area (TPSA) is 53.4 Å². The Hall–Kier alpha value is -1.72. The maximum atomic E-state index is 12.5. The molecule has 0 aliphatic heterocycles. The first-order chi connectivity index (χ1) is 10.6. The summed E-state index contributed by atoms with van der Waals surface area (Å²) < 4.78 is 0. The number of carbonyl (C=O) groups excluding carboxylic acids is 1. The van der Waals surface area contributed by atoms with Crippen LogP contribution in [0.15, 0.2) is 35.2 Å². The van der Waals surface area contributed by atoms with E-state index in [1.54, 1.807) is 21.7 Å². The van der Waals surface area contributed by atoms with Crippen LogP contribution in [-0.2, 0) is 0 Å². The predicted molar refractivity (Wildman–Crippen MR) is 87.9 cm³/mol. The molecule has 4 nitrogen and oxygen atoms in total. The molecule has 0 saturated heterocycles. The summed E-state index contributed by atoms with van der Waals surface area (Å²) in [5, 5.41) is 11.9. The third kappa shape index (κ3) is 3.20. The highest BCUT2D eigenvalue weighted by Crippen LogP contribution is 2.26. The number of aromatic nitrogens is 1. The molecule has 0 bridgehead atoms. The number of hydrogen-bond acceptors (Lipinski definition) is 4. The van der Waals surface area contributed by atoms with Crippen LogP contribution >= 0.6 is 11.3 Å². The molecule has 1 amide bonds. The smallest absolute Gasteiger partial charge is 0.253 e. The summed E-state index contributed by atoms with van der Waals surface area (Å²) in [4.78, 5) is 18.5. The van der Waals surface area contributed by atoms with Crippen LogP contribution in [-0.4, -0.2) is 40.6 Å². The Morgan fingerprint density at radius 3 is 2.73 bits per heavy atom. The second kappa shape index (κ2) is 6.58. The van der Waals surface area contributed by atoms with Gasteiger partial charge in [0.1, 0.15) is 0 Å². The summed E-state index contributed by atoms with van der Waals surface area (Å²) in [6.07, 6.45) is 2.65. The molecule has 1 saturated carbocycles. The van der Waals surface area contributed by atoms with Gasteiger partial charge in [-0.2, -0.15) is 0 Å². The number of thiazole rings is 1. The second-order valence-corrected chi connectivity index (χ2v) is 6.61. The molecule has 1 aliphatic rings. The van der Waals surface area contributed by atoms with Crippen molar-refractivity contribution in [3.63, 3.8) is 0 Å². The third-order valence-electron chi connectivity index (χ3n) is 4.33. The fourth-order valence-corrected chi connectivity index (χ4v) is 3.59. The summed E-state index contributed by atoms with van der Waals surface area (Å²) in [5.74, 6) is 0.215. The van der Waals surface area contributed by atoms with Crippen LogP contribution in [0.4, 0.5) is 0 Å². The SMILES string of the molecule is CN(CC1CCCC1O)C(=O)c1ccc(-c2cscn2)cc1. The first kappa shape index (κ1) is 15.2. The van der Waals surface area contributed by atoms with Crippen LogP contribution in [0.3, 0.4) is 0 Å². The normalized spacial score (nSPS) is 21.0. The fourth-order valence-electron chi connectivity index (χ4n) is 3.02. The lowest BCUT2D eigenvalue weighted by Crippen LogP contribution is -2.34. The van der Waals surface area contributed by atoms with Gasteiger partial charge < -0.3 is 10.0 Å². The minimum absolute atomic E-state index is 0.00364. The standard InChI is InChI=1S/C17H20N2O2S/c1-19(9-14-3-2-4-16(14)20)17(21)13-7-5-12(6-8-13)15-10-22-11-18-15/h5-8,10-11,14,16,20H,2-4,9H2,1H3. The van der Waals surface area contributed by atoms with E-state index in [-0.39, 0.29) is 17.9 Å². The van der Waals surface area contributed by atoms with Gasteiger partial charge in [-0.05, 0) is 25.0 Å². The lowest BCUT2D eigenvalue weighted by atomic mass is 10.0. The zero-order valence-electron chi connectivity index (χ0n) is 12.6. The average molecular weight is 316 g/mol. The summed E-state index contributed by atoms with van der Waals surface area (Å²) in [6, 6.07) is 7.55. The van der Waals surface area contributed by atoms with E-state index in [1.807, 2.05) is 36.7 Å². The molecule has 1 heterocycles. The largest absolute Gasteiger partial charge is 0.393 e. The van der Waals surface area contributed by atoms with Gasteiger partial charge in [-0.3, -0.25) is 4.79 Å². The van der Waals surface area contributed by atoms with E-state index in [0.29, 0.717) is 12.1 Å². The summed E-state index contributed by atoms with van der Waals surface area (Å²) in [6.45, 7) is 0.619. The molecular formula is C17H20N2O2S. The molecule has 1 aliphatic carbocycles. The molecule has 2 aromatic rings. The van der Waals surface area contributed by atoms with E-state index >= 15 is 0 Å². The lowest BCUT2D eigenvalue weighted by Gasteiger charge is -2.23. The van der Waals surface area contributed by atoms with Gasteiger partial charge in [0.2, 0.25) is 0 Å². The van der Waals surface area contributed by atoms with Gasteiger partial charge in [0.15, 0.2) is 0 Å². The van der Waals surface area contributed by atoms with Crippen molar-refractivity contribution in [2.24, 2.45) is 5.92 Å². The Balaban J connectivity index is 1.66. The summed E-state index contributed by atoms with van der Waals surface area (Å²) in [5.41, 5.74) is 4.43. The Kier molecular flexibility index (Phi) is 4.55. The van der Waals surface area contributed by atoms with E-state index in [2.05, 4.69) is 4.98 Å². The quantitative estimate of drug-likeness (QED) is 0.943. The van der Waals surface area contributed by atoms with E-state index in [1.165, 1.54) is 0 Å². The Labute approximate surface area is 134 Å². The van der Waals surface area contributed by atoms with Gasteiger partial charge in [0.25, 0.3) is 5.91 Å². The zero-order chi connectivity index (χ0) is 15.5. The molecule has 2 unspecified atom stereocenters. The van der Waals surface area contributed by atoms with E-state index in [9.17, 15) is 9.90 Å². The number of carbonyl (C=O) groups is 1. The minimum Gasteiger partial charge on any atom is -0.393 e. The van der Waals surface area contributed by atoms with Crippen molar-refractivity contribution < 1.29 is 9.90 Å². The summed E-state index contributed by atoms with van der Waals surface area (Å²) >= 11 is 1.56. The molecule has 0 spiro atoms. The molecule has 22 heavy (non-hydrogen) atoms. The van der Waals surface area contributed by atoms with Crippen molar-refractivity contribution in [2.45, 2.75) is 25.4 Å². The van der Waals surface area contributed by atoms with E-state index < -0.39 is 0 Å². The Bertz CT molecular complexity index is 625. The van der Waals surface area contributed by atoms with Crippen LogP contribution in [0.5, 0.6) is 0 Å². The highest BCUT2D eigenvalue weighted by atomic mass is 32.1. The first-order valence-corrected chi connectivity index (χ1v) is 8.51. The van der Waals surface area contributed by atoms with Crippen molar-refractivity contribution in [3.8, 4) is 11.3 Å². The van der Waals surface area contributed by atoms with Gasteiger partial charge in [-0.25, -0.2) is 4.98 Å². The summed E-state index contributed by atoms with van der Waals surface area (Å²) in [7, 11) is 1.81. The molecular weight excluding hydrogens is 296 g/mol.